The molecule has 0 aliphatic heterocycles. The van der Waals surface area contributed by atoms with Crippen LogP contribution in [0.3, 0.4) is 0 Å². The number of aromatic nitrogens is 1. The van der Waals surface area contributed by atoms with Crippen molar-refractivity contribution in [3.8, 4) is 0 Å². The van der Waals surface area contributed by atoms with Gasteiger partial charge in [-0.05, 0) is 18.9 Å². The maximum atomic E-state index is 6.27. The number of hydrogen-bond donors (Lipinski definition) is 1. The first-order valence-corrected chi connectivity index (χ1v) is 8.47. The Morgan fingerprint density at radius 2 is 2.00 bits per heavy atom. The predicted molar refractivity (Wildman–Crippen MR) is 92.0 cm³/mol. The second-order valence-electron chi connectivity index (χ2n) is 5.59. The molecular weight excluding hydrogens is 278 g/mol. The Hall–Kier alpha value is -1.39. The molecule has 1 aromatic carbocycles. The number of nitrogens with two attached hydrogens (primary N) is 1. The van der Waals surface area contributed by atoms with Gasteiger partial charge in [0.05, 0.1) is 5.69 Å². The second kappa shape index (κ2) is 7.57. The molecule has 0 radical (unpaired) electrons. The van der Waals surface area contributed by atoms with E-state index in [-0.39, 0.29) is 6.04 Å². The fourth-order valence-corrected chi connectivity index (χ4v) is 3.30. The van der Waals surface area contributed by atoms with Gasteiger partial charge in [-0.2, -0.15) is 0 Å². The van der Waals surface area contributed by atoms with Crippen LogP contribution in [-0.4, -0.2) is 18.1 Å². The molecule has 0 spiro atoms. The van der Waals surface area contributed by atoms with Gasteiger partial charge in [0.15, 0.2) is 5.13 Å². The van der Waals surface area contributed by atoms with Crippen molar-refractivity contribution in [3.05, 3.63) is 47.0 Å². The van der Waals surface area contributed by atoms with Crippen molar-refractivity contribution in [2.75, 3.05) is 11.9 Å². The summed E-state index contributed by atoms with van der Waals surface area (Å²) in [7, 11) is 2.13. The minimum Gasteiger partial charge on any atom is -0.348 e. The Morgan fingerprint density at radius 1 is 1.29 bits per heavy atom. The largest absolute Gasteiger partial charge is 0.348 e. The fourth-order valence-electron chi connectivity index (χ4n) is 2.40. The minimum absolute atomic E-state index is 0.0134. The van der Waals surface area contributed by atoms with Crippen LogP contribution in [0.2, 0.25) is 0 Å². The van der Waals surface area contributed by atoms with Crippen LogP contribution in [-0.2, 0) is 6.42 Å². The normalized spacial score (nSPS) is 13.9. The zero-order chi connectivity index (χ0) is 15.2. The van der Waals surface area contributed by atoms with Gasteiger partial charge in [0.25, 0.3) is 0 Å². The van der Waals surface area contributed by atoms with Crippen LogP contribution >= 0.6 is 11.3 Å². The van der Waals surface area contributed by atoms with Gasteiger partial charge in [-0.15, -0.1) is 11.3 Å². The van der Waals surface area contributed by atoms with Crippen LogP contribution in [0.1, 0.15) is 44.0 Å². The number of rotatable bonds is 7. The molecule has 0 saturated carbocycles. The van der Waals surface area contributed by atoms with Crippen molar-refractivity contribution in [2.45, 2.75) is 45.2 Å². The molecule has 2 aromatic rings. The summed E-state index contributed by atoms with van der Waals surface area (Å²) in [6.07, 6.45) is 3.17. The summed E-state index contributed by atoms with van der Waals surface area (Å²) in [6.45, 7) is 4.47. The van der Waals surface area contributed by atoms with Gasteiger partial charge >= 0.3 is 0 Å². The standard InChI is InChI=1S/C17H25N3S/c1-4-8-13(2)20(3)17-19-15(12-21-17)11-16(18)14-9-6-5-7-10-14/h5-7,9-10,12-13,16H,4,8,11,18H2,1-3H3. The van der Waals surface area contributed by atoms with E-state index in [2.05, 4.69) is 43.3 Å². The van der Waals surface area contributed by atoms with E-state index >= 15 is 0 Å². The van der Waals surface area contributed by atoms with E-state index in [0.717, 1.165) is 17.2 Å². The SMILES string of the molecule is CCCC(C)N(C)c1nc(CC(N)c2ccccc2)cs1. The Morgan fingerprint density at radius 3 is 2.67 bits per heavy atom. The van der Waals surface area contributed by atoms with Crippen molar-refractivity contribution in [1.29, 1.82) is 0 Å². The van der Waals surface area contributed by atoms with Crippen LogP contribution < -0.4 is 10.6 Å². The van der Waals surface area contributed by atoms with Gasteiger partial charge in [0.1, 0.15) is 0 Å². The minimum atomic E-state index is 0.0134. The molecule has 114 valence electrons. The highest BCUT2D eigenvalue weighted by Gasteiger charge is 2.14. The lowest BCUT2D eigenvalue weighted by atomic mass is 10.0. The average molecular weight is 303 g/mol. The van der Waals surface area contributed by atoms with Crippen molar-refractivity contribution in [2.24, 2.45) is 5.73 Å². The molecule has 0 aliphatic carbocycles. The molecule has 0 aliphatic rings. The Balaban J connectivity index is 2.00. The molecule has 2 rings (SSSR count). The monoisotopic (exact) mass is 303 g/mol. The Kier molecular flexibility index (Phi) is 5.76. The lowest BCUT2D eigenvalue weighted by Crippen LogP contribution is -2.28. The van der Waals surface area contributed by atoms with Gasteiger partial charge in [0, 0.05) is 30.9 Å². The highest BCUT2D eigenvalue weighted by atomic mass is 32.1. The highest BCUT2D eigenvalue weighted by Crippen LogP contribution is 2.25. The topological polar surface area (TPSA) is 42.2 Å². The van der Waals surface area contributed by atoms with Crippen molar-refractivity contribution in [1.82, 2.24) is 4.98 Å². The van der Waals surface area contributed by atoms with E-state index < -0.39 is 0 Å². The van der Waals surface area contributed by atoms with Crippen molar-refractivity contribution in [3.63, 3.8) is 0 Å². The summed E-state index contributed by atoms with van der Waals surface area (Å²) in [5, 5.41) is 3.22. The molecule has 0 fully saturated rings. The molecule has 0 saturated heterocycles. The van der Waals surface area contributed by atoms with E-state index in [9.17, 15) is 0 Å². The predicted octanol–water partition coefficient (Wildman–Crippen LogP) is 4.01. The van der Waals surface area contributed by atoms with Gasteiger partial charge in [-0.3, -0.25) is 0 Å². The molecule has 21 heavy (non-hydrogen) atoms. The van der Waals surface area contributed by atoms with E-state index in [4.69, 9.17) is 10.7 Å². The van der Waals surface area contributed by atoms with E-state index in [1.807, 2.05) is 18.2 Å². The highest BCUT2D eigenvalue weighted by molar-refractivity contribution is 7.13. The molecule has 2 atom stereocenters. The first-order chi connectivity index (χ1) is 10.1. The van der Waals surface area contributed by atoms with Crippen LogP contribution in [0.25, 0.3) is 0 Å². The van der Waals surface area contributed by atoms with Crippen LogP contribution in [0.4, 0.5) is 5.13 Å². The third-order valence-electron chi connectivity index (χ3n) is 3.87. The molecule has 0 bridgehead atoms. The molecule has 2 unspecified atom stereocenters. The summed E-state index contributed by atoms with van der Waals surface area (Å²) < 4.78 is 0. The van der Waals surface area contributed by atoms with Gasteiger partial charge in [0.2, 0.25) is 0 Å². The van der Waals surface area contributed by atoms with E-state index in [0.29, 0.717) is 6.04 Å². The zero-order valence-corrected chi connectivity index (χ0v) is 13.9. The van der Waals surface area contributed by atoms with Crippen molar-refractivity contribution >= 4 is 16.5 Å². The van der Waals surface area contributed by atoms with Crippen LogP contribution in [0.5, 0.6) is 0 Å². The maximum absolute atomic E-state index is 6.27. The van der Waals surface area contributed by atoms with E-state index in [1.54, 1.807) is 11.3 Å². The number of benzene rings is 1. The summed E-state index contributed by atoms with van der Waals surface area (Å²) in [6, 6.07) is 10.8. The summed E-state index contributed by atoms with van der Waals surface area (Å²) in [4.78, 5) is 7.01. The smallest absolute Gasteiger partial charge is 0.185 e. The molecule has 3 nitrogen and oxygen atoms in total. The van der Waals surface area contributed by atoms with Gasteiger partial charge in [-0.25, -0.2) is 4.98 Å². The Labute approximate surface area is 131 Å². The molecule has 4 heteroatoms. The van der Waals surface area contributed by atoms with Gasteiger partial charge in [-0.1, -0.05) is 43.7 Å². The number of anilines is 1. The second-order valence-corrected chi connectivity index (χ2v) is 6.43. The van der Waals surface area contributed by atoms with Gasteiger partial charge < -0.3 is 10.6 Å². The Bertz CT molecular complexity index is 538. The van der Waals surface area contributed by atoms with Crippen molar-refractivity contribution < 1.29 is 0 Å². The molecule has 1 heterocycles. The quantitative estimate of drug-likeness (QED) is 0.840. The van der Waals surface area contributed by atoms with E-state index in [1.165, 1.54) is 18.4 Å². The maximum Gasteiger partial charge on any atom is 0.185 e. The summed E-state index contributed by atoms with van der Waals surface area (Å²) >= 11 is 1.71. The third kappa shape index (κ3) is 4.29. The van der Waals surface area contributed by atoms with Crippen LogP contribution in [0.15, 0.2) is 35.7 Å². The molecule has 2 N–H and O–H groups in total. The zero-order valence-electron chi connectivity index (χ0n) is 13.1. The first-order valence-electron chi connectivity index (χ1n) is 7.59. The van der Waals surface area contributed by atoms with Crippen LogP contribution in [0, 0.1) is 0 Å². The fraction of sp³-hybridized carbons (Fsp3) is 0.471. The number of nitrogens with zero attached hydrogens (tertiary/aromatic N) is 2. The molecule has 1 aromatic heterocycles. The lowest BCUT2D eigenvalue weighted by molar-refractivity contribution is 0.613. The third-order valence-corrected chi connectivity index (χ3v) is 4.85. The molecular formula is C17H25N3S. The molecule has 0 amide bonds. The number of thiazole rings is 1. The lowest BCUT2D eigenvalue weighted by Gasteiger charge is -2.23. The number of hydrogen-bond acceptors (Lipinski definition) is 4. The average Bonchev–Trinajstić information content (AvgIpc) is 2.96. The summed E-state index contributed by atoms with van der Waals surface area (Å²) in [5.74, 6) is 0. The first kappa shape index (κ1) is 16.0. The summed E-state index contributed by atoms with van der Waals surface area (Å²) in [5.41, 5.74) is 8.52.